The highest BCUT2D eigenvalue weighted by atomic mass is 35.5. The molecule has 7 heteroatoms. The zero-order valence-electron chi connectivity index (χ0n) is 10.1. The molecule has 0 radical (unpaired) electrons. The molecular weight excluding hydrogens is 274 g/mol. The van der Waals surface area contributed by atoms with E-state index in [1.165, 1.54) is 19.2 Å². The molecule has 1 aromatic carbocycles. The summed E-state index contributed by atoms with van der Waals surface area (Å²) in [4.78, 5) is 33.5. The summed E-state index contributed by atoms with van der Waals surface area (Å²) >= 11 is 5.68. The highest BCUT2D eigenvalue weighted by molar-refractivity contribution is 6.30. The number of benzene rings is 1. The second-order valence-corrected chi connectivity index (χ2v) is 3.86. The lowest BCUT2D eigenvalue weighted by molar-refractivity contribution is -0.156. The van der Waals surface area contributed by atoms with Gasteiger partial charge in [0.15, 0.2) is 6.61 Å². The van der Waals surface area contributed by atoms with Crippen LogP contribution in [0.5, 0.6) is 0 Å². The van der Waals surface area contributed by atoms with Gasteiger partial charge in [-0.1, -0.05) is 11.6 Å². The molecule has 102 valence electrons. The summed E-state index contributed by atoms with van der Waals surface area (Å²) in [5, 5.41) is 2.86. The standard InChI is InChI=1S/C12H12ClNO5/c1-18-11(16)7-19-10(15)6-14-12(17)8-2-4-9(13)5-3-8/h2-5H,6-7H2,1H3,(H,14,17). The number of nitrogens with one attached hydrogen (secondary N) is 1. The summed E-state index contributed by atoms with van der Waals surface area (Å²) in [5.74, 6) is -1.84. The lowest BCUT2D eigenvalue weighted by Gasteiger charge is -2.05. The fraction of sp³-hybridized carbons (Fsp3) is 0.250. The zero-order valence-corrected chi connectivity index (χ0v) is 10.9. The van der Waals surface area contributed by atoms with E-state index in [0.717, 1.165) is 0 Å². The maximum absolute atomic E-state index is 11.6. The number of ether oxygens (including phenoxy) is 2. The van der Waals surface area contributed by atoms with Gasteiger partial charge in [-0.2, -0.15) is 0 Å². The Bertz CT molecular complexity index is 472. The number of carbonyl (C=O) groups is 3. The van der Waals surface area contributed by atoms with Crippen molar-refractivity contribution in [3.63, 3.8) is 0 Å². The van der Waals surface area contributed by atoms with Crippen molar-refractivity contribution in [1.29, 1.82) is 0 Å². The van der Waals surface area contributed by atoms with E-state index in [1.54, 1.807) is 12.1 Å². The van der Waals surface area contributed by atoms with E-state index in [4.69, 9.17) is 11.6 Å². The van der Waals surface area contributed by atoms with Crippen molar-refractivity contribution in [3.05, 3.63) is 34.9 Å². The largest absolute Gasteiger partial charge is 0.466 e. The van der Waals surface area contributed by atoms with Crippen LogP contribution in [0.15, 0.2) is 24.3 Å². The monoisotopic (exact) mass is 285 g/mol. The van der Waals surface area contributed by atoms with Crippen LogP contribution in [0.2, 0.25) is 5.02 Å². The van der Waals surface area contributed by atoms with E-state index in [1.807, 2.05) is 0 Å². The van der Waals surface area contributed by atoms with Crippen LogP contribution in [0.25, 0.3) is 0 Å². The quantitative estimate of drug-likeness (QED) is 0.809. The maximum atomic E-state index is 11.6. The first kappa shape index (κ1) is 15.0. The summed E-state index contributed by atoms with van der Waals surface area (Å²) in [6.07, 6.45) is 0. The molecule has 0 saturated carbocycles. The molecule has 0 saturated heterocycles. The molecule has 1 amide bonds. The Hall–Kier alpha value is -2.08. The predicted molar refractivity (Wildman–Crippen MR) is 66.8 cm³/mol. The van der Waals surface area contributed by atoms with Crippen LogP contribution in [0.1, 0.15) is 10.4 Å². The molecule has 0 bridgehead atoms. The molecule has 0 aliphatic heterocycles. The lowest BCUT2D eigenvalue weighted by atomic mass is 10.2. The third-order valence-electron chi connectivity index (χ3n) is 2.08. The van der Waals surface area contributed by atoms with E-state index < -0.39 is 24.5 Å². The van der Waals surface area contributed by atoms with Crippen LogP contribution in [0, 0.1) is 0 Å². The number of hydrogen-bond donors (Lipinski definition) is 1. The third-order valence-corrected chi connectivity index (χ3v) is 2.33. The number of halogens is 1. The molecule has 0 unspecified atom stereocenters. The molecule has 0 fully saturated rings. The van der Waals surface area contributed by atoms with Gasteiger partial charge in [-0.15, -0.1) is 0 Å². The van der Waals surface area contributed by atoms with Crippen molar-refractivity contribution in [2.45, 2.75) is 0 Å². The topological polar surface area (TPSA) is 81.7 Å². The van der Waals surface area contributed by atoms with Crippen molar-refractivity contribution < 1.29 is 23.9 Å². The molecule has 1 rings (SSSR count). The smallest absolute Gasteiger partial charge is 0.344 e. The van der Waals surface area contributed by atoms with Crippen LogP contribution < -0.4 is 5.32 Å². The Kier molecular flexibility index (Phi) is 5.81. The van der Waals surface area contributed by atoms with Crippen LogP contribution in [-0.2, 0) is 19.1 Å². The Morgan fingerprint density at radius 2 is 1.79 bits per heavy atom. The van der Waals surface area contributed by atoms with Crippen molar-refractivity contribution >= 4 is 29.4 Å². The summed E-state index contributed by atoms with van der Waals surface area (Å²) in [7, 11) is 1.18. The van der Waals surface area contributed by atoms with Gasteiger partial charge in [-0.3, -0.25) is 9.59 Å². The minimum absolute atomic E-state index is 0.335. The van der Waals surface area contributed by atoms with Crippen LogP contribution >= 0.6 is 11.6 Å². The van der Waals surface area contributed by atoms with Gasteiger partial charge in [0, 0.05) is 10.6 Å². The molecule has 19 heavy (non-hydrogen) atoms. The number of rotatable bonds is 5. The van der Waals surface area contributed by atoms with Crippen molar-refractivity contribution in [3.8, 4) is 0 Å². The molecule has 0 aliphatic rings. The summed E-state index contributed by atoms with van der Waals surface area (Å²) < 4.78 is 8.84. The SMILES string of the molecule is COC(=O)COC(=O)CNC(=O)c1ccc(Cl)cc1. The molecule has 0 aromatic heterocycles. The number of methoxy groups -OCH3 is 1. The summed E-state index contributed by atoms with van der Waals surface area (Å²) in [6, 6.07) is 6.17. The van der Waals surface area contributed by atoms with Crippen LogP contribution in [0.4, 0.5) is 0 Å². The maximum Gasteiger partial charge on any atom is 0.344 e. The Morgan fingerprint density at radius 1 is 1.16 bits per heavy atom. The molecular formula is C12H12ClNO5. The van der Waals surface area contributed by atoms with E-state index in [9.17, 15) is 14.4 Å². The van der Waals surface area contributed by atoms with E-state index in [2.05, 4.69) is 14.8 Å². The number of esters is 2. The number of carbonyl (C=O) groups excluding carboxylic acids is 3. The lowest BCUT2D eigenvalue weighted by Crippen LogP contribution is -2.31. The van der Waals surface area contributed by atoms with Gasteiger partial charge in [-0.05, 0) is 24.3 Å². The fourth-order valence-electron chi connectivity index (χ4n) is 1.11. The van der Waals surface area contributed by atoms with E-state index >= 15 is 0 Å². The normalized spacial score (nSPS) is 9.58. The average Bonchev–Trinajstić information content (AvgIpc) is 2.42. The molecule has 1 aromatic rings. The minimum atomic E-state index is -0.729. The van der Waals surface area contributed by atoms with Gasteiger partial charge >= 0.3 is 11.9 Å². The number of hydrogen-bond acceptors (Lipinski definition) is 5. The predicted octanol–water partition coefficient (Wildman–Crippen LogP) is 0.786. The first-order valence-corrected chi connectivity index (χ1v) is 5.67. The first-order chi connectivity index (χ1) is 9.02. The second-order valence-electron chi connectivity index (χ2n) is 3.43. The summed E-state index contributed by atoms with van der Waals surface area (Å²) in [5.41, 5.74) is 0.366. The van der Waals surface area contributed by atoms with Gasteiger partial charge in [0.25, 0.3) is 5.91 Å². The van der Waals surface area contributed by atoms with E-state index in [0.29, 0.717) is 10.6 Å². The Morgan fingerprint density at radius 3 is 2.37 bits per heavy atom. The highest BCUT2D eigenvalue weighted by Gasteiger charge is 2.10. The van der Waals surface area contributed by atoms with Crippen LogP contribution in [0.3, 0.4) is 0 Å². The summed E-state index contributed by atoms with van der Waals surface area (Å²) in [6.45, 7) is -0.815. The third kappa shape index (κ3) is 5.39. The van der Waals surface area contributed by atoms with Gasteiger partial charge in [0.05, 0.1) is 7.11 Å². The van der Waals surface area contributed by atoms with E-state index in [-0.39, 0.29) is 6.54 Å². The van der Waals surface area contributed by atoms with Crippen molar-refractivity contribution in [2.75, 3.05) is 20.3 Å². The zero-order chi connectivity index (χ0) is 14.3. The highest BCUT2D eigenvalue weighted by Crippen LogP contribution is 2.09. The fourth-order valence-corrected chi connectivity index (χ4v) is 1.23. The Balaban J connectivity index is 2.36. The van der Waals surface area contributed by atoms with Gasteiger partial charge in [0.1, 0.15) is 6.54 Å². The first-order valence-electron chi connectivity index (χ1n) is 5.29. The van der Waals surface area contributed by atoms with Crippen molar-refractivity contribution in [1.82, 2.24) is 5.32 Å². The van der Waals surface area contributed by atoms with Gasteiger partial charge in [-0.25, -0.2) is 4.79 Å². The molecule has 0 aliphatic carbocycles. The van der Waals surface area contributed by atoms with Crippen LogP contribution in [-0.4, -0.2) is 38.1 Å². The second kappa shape index (κ2) is 7.38. The minimum Gasteiger partial charge on any atom is -0.466 e. The molecule has 0 spiro atoms. The molecule has 0 heterocycles. The molecule has 1 N–H and O–H groups in total. The van der Waals surface area contributed by atoms with Gasteiger partial charge < -0.3 is 14.8 Å². The average molecular weight is 286 g/mol. The number of amides is 1. The van der Waals surface area contributed by atoms with Crippen molar-refractivity contribution in [2.24, 2.45) is 0 Å². The molecule has 6 nitrogen and oxygen atoms in total. The van der Waals surface area contributed by atoms with Gasteiger partial charge in [0.2, 0.25) is 0 Å². The Labute approximate surface area is 114 Å². The molecule has 0 atom stereocenters.